The van der Waals surface area contributed by atoms with Crippen LogP contribution in [0.25, 0.3) is 0 Å². The standard InChI is InChI=1S/C10H17N3S/c1-8(10-11-4-6-14-10)12-9-3-5-13(2)7-9/h4,6,8-9,12H,3,5,7H2,1-2H3/t8-,9-/m0/s1. The van der Waals surface area contributed by atoms with Crippen LogP contribution in [0.15, 0.2) is 11.6 Å². The summed E-state index contributed by atoms with van der Waals surface area (Å²) in [7, 11) is 2.18. The molecule has 0 aliphatic carbocycles. The van der Waals surface area contributed by atoms with Gasteiger partial charge in [-0.2, -0.15) is 0 Å². The lowest BCUT2D eigenvalue weighted by molar-refractivity contribution is 0.387. The lowest BCUT2D eigenvalue weighted by atomic mass is 10.2. The molecule has 2 heterocycles. The Kier molecular flexibility index (Phi) is 3.15. The van der Waals surface area contributed by atoms with Gasteiger partial charge in [0, 0.05) is 24.2 Å². The summed E-state index contributed by atoms with van der Waals surface area (Å²) in [5.74, 6) is 0. The molecule has 1 N–H and O–H groups in total. The van der Waals surface area contributed by atoms with Crippen molar-refractivity contribution in [2.75, 3.05) is 20.1 Å². The Morgan fingerprint density at radius 2 is 2.57 bits per heavy atom. The second kappa shape index (κ2) is 4.38. The van der Waals surface area contributed by atoms with E-state index in [0.717, 1.165) is 6.54 Å². The van der Waals surface area contributed by atoms with Crippen molar-refractivity contribution in [3.05, 3.63) is 16.6 Å². The molecule has 0 spiro atoms. The summed E-state index contributed by atoms with van der Waals surface area (Å²) < 4.78 is 0. The summed E-state index contributed by atoms with van der Waals surface area (Å²) in [6.07, 6.45) is 3.13. The van der Waals surface area contributed by atoms with Crippen molar-refractivity contribution in [1.29, 1.82) is 0 Å². The number of aromatic nitrogens is 1. The number of rotatable bonds is 3. The molecular formula is C10H17N3S. The second-order valence-electron chi connectivity index (χ2n) is 4.01. The van der Waals surface area contributed by atoms with Crippen LogP contribution >= 0.6 is 11.3 Å². The molecule has 1 aromatic heterocycles. The number of likely N-dealkylation sites (tertiary alicyclic amines) is 1. The van der Waals surface area contributed by atoms with Crippen LogP contribution in [0, 0.1) is 0 Å². The molecule has 0 saturated carbocycles. The third-order valence-corrected chi connectivity index (χ3v) is 3.66. The quantitative estimate of drug-likeness (QED) is 0.821. The van der Waals surface area contributed by atoms with Crippen molar-refractivity contribution in [2.24, 2.45) is 0 Å². The number of nitrogens with zero attached hydrogens (tertiary/aromatic N) is 2. The summed E-state index contributed by atoms with van der Waals surface area (Å²) in [6, 6.07) is 1.03. The van der Waals surface area contributed by atoms with Gasteiger partial charge in [-0.05, 0) is 26.9 Å². The summed E-state index contributed by atoms with van der Waals surface area (Å²) in [5.41, 5.74) is 0. The van der Waals surface area contributed by atoms with E-state index >= 15 is 0 Å². The van der Waals surface area contributed by atoms with Gasteiger partial charge in [0.1, 0.15) is 5.01 Å². The predicted molar refractivity (Wildman–Crippen MR) is 59.6 cm³/mol. The molecule has 0 radical (unpaired) electrons. The number of nitrogens with one attached hydrogen (secondary N) is 1. The molecule has 2 rings (SSSR count). The molecule has 14 heavy (non-hydrogen) atoms. The summed E-state index contributed by atoms with van der Waals surface area (Å²) in [4.78, 5) is 6.69. The van der Waals surface area contributed by atoms with Crippen molar-refractivity contribution in [3.8, 4) is 0 Å². The van der Waals surface area contributed by atoms with E-state index < -0.39 is 0 Å². The van der Waals surface area contributed by atoms with Gasteiger partial charge in [-0.1, -0.05) is 0 Å². The van der Waals surface area contributed by atoms with E-state index in [0.29, 0.717) is 12.1 Å². The molecule has 3 nitrogen and oxygen atoms in total. The lowest BCUT2D eigenvalue weighted by Gasteiger charge is -2.17. The van der Waals surface area contributed by atoms with E-state index in [-0.39, 0.29) is 0 Å². The lowest BCUT2D eigenvalue weighted by Crippen LogP contribution is -2.33. The minimum atomic E-state index is 0.395. The van der Waals surface area contributed by atoms with Gasteiger partial charge in [-0.15, -0.1) is 11.3 Å². The van der Waals surface area contributed by atoms with Gasteiger partial charge in [0.2, 0.25) is 0 Å². The smallest absolute Gasteiger partial charge is 0.109 e. The van der Waals surface area contributed by atoms with E-state index in [2.05, 4.69) is 29.2 Å². The highest BCUT2D eigenvalue weighted by molar-refractivity contribution is 7.09. The molecule has 0 amide bonds. The third kappa shape index (κ3) is 2.32. The molecule has 2 atom stereocenters. The zero-order valence-electron chi connectivity index (χ0n) is 8.73. The van der Waals surface area contributed by atoms with Gasteiger partial charge in [0.25, 0.3) is 0 Å². The second-order valence-corrected chi connectivity index (χ2v) is 4.93. The first-order valence-corrected chi connectivity index (χ1v) is 5.97. The number of thiazole rings is 1. The maximum absolute atomic E-state index is 4.32. The Hall–Kier alpha value is -0.450. The van der Waals surface area contributed by atoms with Crippen LogP contribution in [0.4, 0.5) is 0 Å². The fraction of sp³-hybridized carbons (Fsp3) is 0.700. The summed E-state index contributed by atoms with van der Waals surface area (Å²) >= 11 is 1.73. The highest BCUT2D eigenvalue weighted by Gasteiger charge is 2.21. The van der Waals surface area contributed by atoms with Gasteiger partial charge >= 0.3 is 0 Å². The summed E-state index contributed by atoms with van der Waals surface area (Å²) in [6.45, 7) is 4.56. The Balaban J connectivity index is 1.86. The van der Waals surface area contributed by atoms with E-state index in [1.54, 1.807) is 11.3 Å². The first-order valence-electron chi connectivity index (χ1n) is 5.09. The Morgan fingerprint density at radius 1 is 1.71 bits per heavy atom. The fourth-order valence-corrected chi connectivity index (χ4v) is 2.60. The Morgan fingerprint density at radius 3 is 3.14 bits per heavy atom. The molecule has 1 aliphatic rings. The zero-order chi connectivity index (χ0) is 9.97. The normalized spacial score (nSPS) is 25.4. The molecule has 0 aromatic carbocycles. The van der Waals surface area contributed by atoms with Crippen LogP contribution in [-0.2, 0) is 0 Å². The largest absolute Gasteiger partial charge is 0.305 e. The van der Waals surface area contributed by atoms with Crippen molar-refractivity contribution >= 4 is 11.3 Å². The molecule has 1 aromatic rings. The van der Waals surface area contributed by atoms with E-state index in [9.17, 15) is 0 Å². The molecular weight excluding hydrogens is 194 g/mol. The molecule has 1 aliphatic heterocycles. The number of hydrogen-bond donors (Lipinski definition) is 1. The van der Waals surface area contributed by atoms with Gasteiger partial charge in [0.15, 0.2) is 0 Å². The average molecular weight is 211 g/mol. The van der Waals surface area contributed by atoms with E-state index in [4.69, 9.17) is 0 Å². The van der Waals surface area contributed by atoms with Gasteiger partial charge in [-0.3, -0.25) is 0 Å². The maximum atomic E-state index is 4.32. The van der Waals surface area contributed by atoms with Crippen molar-refractivity contribution < 1.29 is 0 Å². The molecule has 0 unspecified atom stereocenters. The van der Waals surface area contributed by atoms with E-state index in [1.165, 1.54) is 18.0 Å². The molecule has 1 fully saturated rings. The zero-order valence-corrected chi connectivity index (χ0v) is 9.55. The number of likely N-dealkylation sites (N-methyl/N-ethyl adjacent to an activating group) is 1. The monoisotopic (exact) mass is 211 g/mol. The first kappa shape index (κ1) is 10.1. The van der Waals surface area contributed by atoms with Crippen LogP contribution < -0.4 is 5.32 Å². The van der Waals surface area contributed by atoms with Crippen LogP contribution in [0.3, 0.4) is 0 Å². The minimum absolute atomic E-state index is 0.395. The minimum Gasteiger partial charge on any atom is -0.305 e. The van der Waals surface area contributed by atoms with Gasteiger partial charge in [0.05, 0.1) is 6.04 Å². The molecule has 1 saturated heterocycles. The molecule has 4 heteroatoms. The van der Waals surface area contributed by atoms with Crippen LogP contribution in [-0.4, -0.2) is 36.1 Å². The SMILES string of the molecule is C[C@H](N[C@H]1CCN(C)C1)c1nccs1. The van der Waals surface area contributed by atoms with Crippen molar-refractivity contribution in [1.82, 2.24) is 15.2 Å². The third-order valence-electron chi connectivity index (χ3n) is 2.70. The molecule has 78 valence electrons. The maximum Gasteiger partial charge on any atom is 0.109 e. The van der Waals surface area contributed by atoms with Crippen LogP contribution in [0.5, 0.6) is 0 Å². The van der Waals surface area contributed by atoms with Gasteiger partial charge in [-0.25, -0.2) is 4.98 Å². The van der Waals surface area contributed by atoms with Gasteiger partial charge < -0.3 is 10.2 Å². The van der Waals surface area contributed by atoms with Crippen molar-refractivity contribution in [3.63, 3.8) is 0 Å². The Labute approximate surface area is 89.1 Å². The average Bonchev–Trinajstić information content (AvgIpc) is 2.75. The van der Waals surface area contributed by atoms with Crippen LogP contribution in [0.1, 0.15) is 24.4 Å². The van der Waals surface area contributed by atoms with E-state index in [1.807, 2.05) is 11.6 Å². The van der Waals surface area contributed by atoms with Crippen molar-refractivity contribution in [2.45, 2.75) is 25.4 Å². The van der Waals surface area contributed by atoms with Crippen LogP contribution in [0.2, 0.25) is 0 Å². The highest BCUT2D eigenvalue weighted by Crippen LogP contribution is 2.17. The topological polar surface area (TPSA) is 28.2 Å². The summed E-state index contributed by atoms with van der Waals surface area (Å²) in [5, 5.41) is 6.85. The predicted octanol–water partition coefficient (Wildman–Crippen LogP) is 1.50. The number of hydrogen-bond acceptors (Lipinski definition) is 4. The Bertz CT molecular complexity index is 273. The fourth-order valence-electron chi connectivity index (χ4n) is 1.94. The first-order chi connectivity index (χ1) is 6.75. The highest BCUT2D eigenvalue weighted by atomic mass is 32.1. The molecule has 0 bridgehead atoms.